The molecule has 1 aliphatic rings. The van der Waals surface area contributed by atoms with Crippen molar-refractivity contribution in [1.29, 1.82) is 0 Å². The highest BCUT2D eigenvalue weighted by atomic mass is 16.3. The van der Waals surface area contributed by atoms with Crippen molar-refractivity contribution in [1.82, 2.24) is 0 Å². The Kier molecular flexibility index (Phi) is 1.87. The average molecular weight is 178 g/mol. The fourth-order valence-corrected chi connectivity index (χ4v) is 1.93. The molecule has 0 bridgehead atoms. The van der Waals surface area contributed by atoms with Crippen LogP contribution in [0.1, 0.15) is 17.2 Å². The first kappa shape index (κ1) is 8.69. The van der Waals surface area contributed by atoms with Gasteiger partial charge >= 0.3 is 0 Å². The molecule has 1 aromatic rings. The van der Waals surface area contributed by atoms with E-state index < -0.39 is 5.60 Å². The van der Waals surface area contributed by atoms with E-state index in [1.807, 2.05) is 24.3 Å². The summed E-state index contributed by atoms with van der Waals surface area (Å²) >= 11 is 0. The third-order valence-electron chi connectivity index (χ3n) is 2.82. The number of benzene rings is 1. The topological polar surface area (TPSA) is 72.3 Å². The summed E-state index contributed by atoms with van der Waals surface area (Å²) in [6, 6.07) is 7.49. The van der Waals surface area contributed by atoms with E-state index in [2.05, 4.69) is 0 Å². The Morgan fingerprint density at radius 1 is 1.46 bits per heavy atom. The lowest BCUT2D eigenvalue weighted by molar-refractivity contribution is 0.0344. The summed E-state index contributed by atoms with van der Waals surface area (Å²) in [6.07, 6.45) is 0.570. The lowest BCUT2D eigenvalue weighted by Gasteiger charge is -2.25. The summed E-state index contributed by atoms with van der Waals surface area (Å²) in [6.45, 7) is 0.211. The molecule has 2 atom stereocenters. The molecule has 1 aromatic carbocycles. The zero-order valence-electron chi connectivity index (χ0n) is 7.40. The van der Waals surface area contributed by atoms with Gasteiger partial charge in [0.05, 0.1) is 6.04 Å². The summed E-state index contributed by atoms with van der Waals surface area (Å²) in [4.78, 5) is 0. The lowest BCUT2D eigenvalue weighted by atomic mass is 9.96. The van der Waals surface area contributed by atoms with Gasteiger partial charge in [-0.05, 0) is 11.1 Å². The molecular formula is C10H14N2O. The van der Waals surface area contributed by atoms with Crippen molar-refractivity contribution in [2.75, 3.05) is 6.54 Å². The zero-order chi connectivity index (χ0) is 9.47. The van der Waals surface area contributed by atoms with Crippen LogP contribution in [0.3, 0.4) is 0 Å². The Hall–Kier alpha value is -0.900. The Morgan fingerprint density at radius 2 is 2.15 bits per heavy atom. The average Bonchev–Trinajstić information content (AvgIpc) is 2.41. The maximum atomic E-state index is 10.0. The molecule has 0 radical (unpaired) electrons. The highest BCUT2D eigenvalue weighted by molar-refractivity contribution is 5.38. The Bertz CT molecular complexity index is 326. The van der Waals surface area contributed by atoms with Crippen LogP contribution in [-0.4, -0.2) is 17.3 Å². The number of hydrogen-bond acceptors (Lipinski definition) is 3. The first-order chi connectivity index (χ1) is 6.17. The van der Waals surface area contributed by atoms with E-state index in [4.69, 9.17) is 11.5 Å². The molecule has 0 fully saturated rings. The summed E-state index contributed by atoms with van der Waals surface area (Å²) in [5.74, 6) is 0. The van der Waals surface area contributed by atoms with Crippen LogP contribution in [0.2, 0.25) is 0 Å². The highest BCUT2D eigenvalue weighted by Crippen LogP contribution is 2.36. The Labute approximate surface area is 77.4 Å². The van der Waals surface area contributed by atoms with Crippen LogP contribution >= 0.6 is 0 Å². The zero-order valence-corrected chi connectivity index (χ0v) is 7.40. The van der Waals surface area contributed by atoms with Gasteiger partial charge < -0.3 is 16.6 Å². The first-order valence-electron chi connectivity index (χ1n) is 4.43. The molecule has 3 heteroatoms. The molecule has 0 saturated carbocycles. The predicted octanol–water partition coefficient (Wildman–Crippen LogP) is -0.0677. The van der Waals surface area contributed by atoms with E-state index in [0.29, 0.717) is 6.42 Å². The smallest absolute Gasteiger partial charge is 0.100 e. The van der Waals surface area contributed by atoms with Gasteiger partial charge in [0.15, 0.2) is 0 Å². The van der Waals surface area contributed by atoms with Gasteiger partial charge in [-0.25, -0.2) is 0 Å². The minimum Gasteiger partial charge on any atom is -0.386 e. The standard InChI is InChI=1S/C10H14N2O/c11-6-10(13)5-7-3-1-2-4-8(7)9(10)12/h1-4,9,13H,5-6,11-12H2. The molecule has 0 aliphatic heterocycles. The molecule has 0 spiro atoms. The van der Waals surface area contributed by atoms with E-state index in [1.54, 1.807) is 0 Å². The molecule has 0 amide bonds. The maximum absolute atomic E-state index is 10.0. The second-order valence-corrected chi connectivity index (χ2v) is 3.66. The summed E-state index contributed by atoms with van der Waals surface area (Å²) in [5, 5.41) is 10.0. The second-order valence-electron chi connectivity index (χ2n) is 3.66. The number of rotatable bonds is 1. The van der Waals surface area contributed by atoms with Crippen LogP contribution in [0.15, 0.2) is 24.3 Å². The lowest BCUT2D eigenvalue weighted by Crippen LogP contribution is -2.45. The quantitative estimate of drug-likeness (QED) is 0.563. The Morgan fingerprint density at radius 3 is 2.77 bits per heavy atom. The predicted molar refractivity (Wildman–Crippen MR) is 51.1 cm³/mol. The van der Waals surface area contributed by atoms with Crippen LogP contribution < -0.4 is 11.5 Å². The Balaban J connectivity index is 2.43. The normalized spacial score (nSPS) is 31.8. The van der Waals surface area contributed by atoms with E-state index in [1.165, 1.54) is 0 Å². The molecule has 3 nitrogen and oxygen atoms in total. The fourth-order valence-electron chi connectivity index (χ4n) is 1.93. The van der Waals surface area contributed by atoms with Gasteiger partial charge in [0.1, 0.15) is 5.60 Å². The minimum atomic E-state index is -0.941. The summed E-state index contributed by atoms with van der Waals surface area (Å²) in [5.41, 5.74) is 12.6. The molecule has 70 valence electrons. The van der Waals surface area contributed by atoms with Crippen molar-refractivity contribution >= 4 is 0 Å². The van der Waals surface area contributed by atoms with Crippen molar-refractivity contribution in [3.63, 3.8) is 0 Å². The molecule has 13 heavy (non-hydrogen) atoms. The number of fused-ring (bicyclic) bond motifs is 1. The van der Waals surface area contributed by atoms with E-state index >= 15 is 0 Å². The molecule has 0 saturated heterocycles. The van der Waals surface area contributed by atoms with Crippen LogP contribution in [0, 0.1) is 0 Å². The van der Waals surface area contributed by atoms with Crippen molar-refractivity contribution in [2.45, 2.75) is 18.1 Å². The monoisotopic (exact) mass is 178 g/mol. The number of hydrogen-bond donors (Lipinski definition) is 3. The SMILES string of the molecule is NCC1(O)Cc2ccccc2C1N. The van der Waals surface area contributed by atoms with E-state index in [0.717, 1.165) is 11.1 Å². The van der Waals surface area contributed by atoms with E-state index in [9.17, 15) is 5.11 Å². The molecule has 5 N–H and O–H groups in total. The van der Waals surface area contributed by atoms with Gasteiger partial charge in [0, 0.05) is 13.0 Å². The molecule has 2 unspecified atom stereocenters. The number of nitrogens with two attached hydrogens (primary N) is 2. The van der Waals surface area contributed by atoms with Crippen molar-refractivity contribution in [2.24, 2.45) is 11.5 Å². The van der Waals surface area contributed by atoms with Crippen LogP contribution in [0.4, 0.5) is 0 Å². The van der Waals surface area contributed by atoms with Gasteiger partial charge in [0.2, 0.25) is 0 Å². The summed E-state index contributed by atoms with van der Waals surface area (Å²) in [7, 11) is 0. The molecule has 0 aromatic heterocycles. The minimum absolute atomic E-state index is 0.211. The van der Waals surface area contributed by atoms with Gasteiger partial charge in [0.25, 0.3) is 0 Å². The largest absolute Gasteiger partial charge is 0.386 e. The van der Waals surface area contributed by atoms with E-state index in [-0.39, 0.29) is 12.6 Å². The van der Waals surface area contributed by atoms with Gasteiger partial charge in [-0.3, -0.25) is 0 Å². The van der Waals surface area contributed by atoms with Gasteiger partial charge in [-0.1, -0.05) is 24.3 Å². The van der Waals surface area contributed by atoms with Crippen LogP contribution in [0.25, 0.3) is 0 Å². The third-order valence-corrected chi connectivity index (χ3v) is 2.82. The van der Waals surface area contributed by atoms with Gasteiger partial charge in [-0.15, -0.1) is 0 Å². The maximum Gasteiger partial charge on any atom is 0.100 e. The first-order valence-corrected chi connectivity index (χ1v) is 4.43. The van der Waals surface area contributed by atoms with Crippen molar-refractivity contribution in [3.8, 4) is 0 Å². The molecular weight excluding hydrogens is 164 g/mol. The molecule has 2 rings (SSSR count). The number of aliphatic hydroxyl groups is 1. The summed E-state index contributed by atoms with van der Waals surface area (Å²) < 4.78 is 0. The highest BCUT2D eigenvalue weighted by Gasteiger charge is 2.41. The van der Waals surface area contributed by atoms with Crippen LogP contribution in [0.5, 0.6) is 0 Å². The fraction of sp³-hybridized carbons (Fsp3) is 0.400. The molecule has 0 heterocycles. The van der Waals surface area contributed by atoms with Crippen molar-refractivity contribution in [3.05, 3.63) is 35.4 Å². The third kappa shape index (κ3) is 1.16. The molecule has 1 aliphatic carbocycles. The van der Waals surface area contributed by atoms with Gasteiger partial charge in [-0.2, -0.15) is 0 Å². The van der Waals surface area contributed by atoms with Crippen molar-refractivity contribution < 1.29 is 5.11 Å². The van der Waals surface area contributed by atoms with Crippen LogP contribution in [-0.2, 0) is 6.42 Å². The second kappa shape index (κ2) is 2.80.